The number of aryl methyl sites for hydroxylation is 1. The summed E-state index contributed by atoms with van der Waals surface area (Å²) in [6.07, 6.45) is -1.87. The van der Waals surface area contributed by atoms with Crippen LogP contribution in [0.1, 0.15) is 11.1 Å². The molecule has 0 aliphatic heterocycles. The van der Waals surface area contributed by atoms with Crippen LogP contribution in [0.2, 0.25) is 0 Å². The van der Waals surface area contributed by atoms with Crippen molar-refractivity contribution in [3.8, 4) is 22.4 Å². The van der Waals surface area contributed by atoms with Gasteiger partial charge >= 0.3 is 12.4 Å². The zero-order valence-electron chi connectivity index (χ0n) is 19.1. The summed E-state index contributed by atoms with van der Waals surface area (Å²) in [5.41, 5.74) is -2.71. The molecule has 0 spiro atoms. The van der Waals surface area contributed by atoms with Gasteiger partial charge in [-0.15, -0.1) is 0 Å². The van der Waals surface area contributed by atoms with Gasteiger partial charge < -0.3 is 4.57 Å². The first-order chi connectivity index (χ1) is 17.1. The topological polar surface area (TPSA) is 64.8 Å². The molecule has 0 radical (unpaired) electrons. The predicted octanol–water partition coefficient (Wildman–Crippen LogP) is 6.74. The van der Waals surface area contributed by atoms with Gasteiger partial charge in [0, 0.05) is 65.2 Å². The van der Waals surface area contributed by atoms with E-state index in [0.29, 0.717) is 27.5 Å². The number of nitrogens with zero attached hydrogens (tertiary/aromatic N) is 3. The van der Waals surface area contributed by atoms with E-state index >= 15 is 0 Å². The number of sulfone groups is 1. The molecule has 5 nitrogen and oxygen atoms in total. The smallest absolute Gasteiger partial charge is 0.355 e. The van der Waals surface area contributed by atoms with Crippen molar-refractivity contribution >= 4 is 21.6 Å². The Morgan fingerprint density at radius 3 is 2.00 bits per heavy atom. The third kappa shape index (κ3) is 5.99. The van der Waals surface area contributed by atoms with Gasteiger partial charge in [0.1, 0.15) is 0 Å². The number of pyridine rings is 2. The molecule has 3 heterocycles. The van der Waals surface area contributed by atoms with Crippen LogP contribution >= 0.6 is 11.8 Å². The van der Waals surface area contributed by atoms with Gasteiger partial charge in [-0.3, -0.25) is 9.97 Å². The fourth-order valence-electron chi connectivity index (χ4n) is 3.59. The molecule has 37 heavy (non-hydrogen) atoms. The number of rotatable bonds is 5. The molecular weight excluding hydrogens is 540 g/mol. The normalized spacial score (nSPS) is 12.6. The molecular formula is C24H17F6N3O2S2. The van der Waals surface area contributed by atoms with Crippen molar-refractivity contribution < 1.29 is 34.8 Å². The lowest BCUT2D eigenvalue weighted by Gasteiger charge is -2.17. The van der Waals surface area contributed by atoms with Gasteiger partial charge in [-0.05, 0) is 42.0 Å². The first-order valence-corrected chi connectivity index (χ1v) is 13.1. The van der Waals surface area contributed by atoms with Crippen LogP contribution in [0.4, 0.5) is 26.3 Å². The van der Waals surface area contributed by atoms with Crippen LogP contribution in [-0.2, 0) is 29.2 Å². The van der Waals surface area contributed by atoms with Crippen LogP contribution in [-0.4, -0.2) is 29.2 Å². The summed E-state index contributed by atoms with van der Waals surface area (Å²) < 4.78 is 107. The fourth-order valence-corrected chi connectivity index (χ4v) is 5.85. The lowest BCUT2D eigenvalue weighted by Crippen LogP contribution is -2.11. The van der Waals surface area contributed by atoms with E-state index < -0.39 is 33.3 Å². The van der Waals surface area contributed by atoms with Gasteiger partial charge in [-0.1, -0.05) is 11.8 Å². The first-order valence-electron chi connectivity index (χ1n) is 10.4. The van der Waals surface area contributed by atoms with E-state index in [9.17, 15) is 34.8 Å². The SMILES string of the molecule is Cn1cc(Sc2cnc(-c3ccncc3)c(-c3cc(C(F)(F)F)cc(C(F)(F)F)c3)c2)c(S(C)(=O)=O)c1. The predicted molar refractivity (Wildman–Crippen MR) is 126 cm³/mol. The zero-order valence-corrected chi connectivity index (χ0v) is 20.7. The third-order valence-corrected chi connectivity index (χ3v) is 7.48. The number of benzene rings is 1. The summed E-state index contributed by atoms with van der Waals surface area (Å²) in [5.74, 6) is 0. The summed E-state index contributed by atoms with van der Waals surface area (Å²) in [4.78, 5) is 8.89. The lowest BCUT2D eigenvalue weighted by molar-refractivity contribution is -0.143. The molecule has 0 aliphatic carbocycles. The summed E-state index contributed by atoms with van der Waals surface area (Å²) in [6.45, 7) is 0. The van der Waals surface area contributed by atoms with Crippen LogP contribution in [0.3, 0.4) is 0 Å². The van der Waals surface area contributed by atoms with Crippen LogP contribution in [0.15, 0.2) is 82.1 Å². The van der Waals surface area contributed by atoms with E-state index in [4.69, 9.17) is 0 Å². The van der Waals surface area contributed by atoms with Crippen LogP contribution in [0.5, 0.6) is 0 Å². The molecule has 0 amide bonds. The standard InChI is InChI=1S/C24H17F6N3O2S2/c1-33-12-20(21(13-33)37(2,34)35)36-18-10-19(22(32-11-18)14-3-5-31-6-4-14)15-7-16(23(25,26)27)9-17(8-15)24(28,29)30/h3-13H,1-2H3. The molecule has 0 saturated heterocycles. The quantitative estimate of drug-likeness (QED) is 0.254. The minimum atomic E-state index is -5.03. The Labute approximate surface area is 212 Å². The van der Waals surface area contributed by atoms with Gasteiger partial charge in [-0.2, -0.15) is 26.3 Å². The molecule has 0 bridgehead atoms. The van der Waals surface area contributed by atoms with Crippen molar-refractivity contribution in [3.05, 3.63) is 78.5 Å². The van der Waals surface area contributed by atoms with Gasteiger partial charge in [0.2, 0.25) is 0 Å². The molecule has 0 saturated carbocycles. The summed E-state index contributed by atoms with van der Waals surface area (Å²) in [5, 5.41) is 0. The molecule has 4 aromatic rings. The maximum atomic E-state index is 13.5. The number of aromatic nitrogens is 3. The highest BCUT2D eigenvalue weighted by Crippen LogP contribution is 2.42. The van der Waals surface area contributed by atoms with Crippen molar-refractivity contribution in [3.63, 3.8) is 0 Å². The Morgan fingerprint density at radius 1 is 0.865 bits per heavy atom. The Morgan fingerprint density at radius 2 is 1.46 bits per heavy atom. The highest BCUT2D eigenvalue weighted by atomic mass is 32.2. The molecule has 0 fully saturated rings. The van der Waals surface area contributed by atoms with Crippen molar-refractivity contribution in [2.75, 3.05) is 6.26 Å². The largest absolute Gasteiger partial charge is 0.416 e. The molecule has 4 rings (SSSR count). The molecule has 1 aromatic carbocycles. The van der Waals surface area contributed by atoms with Crippen LogP contribution < -0.4 is 0 Å². The van der Waals surface area contributed by atoms with Gasteiger partial charge in [0.05, 0.1) is 21.7 Å². The Balaban J connectivity index is 1.94. The van der Waals surface area contributed by atoms with Gasteiger partial charge in [-0.25, -0.2) is 8.42 Å². The number of alkyl halides is 6. The minimum Gasteiger partial charge on any atom is -0.355 e. The molecule has 0 unspecified atom stereocenters. The van der Waals surface area contributed by atoms with Crippen molar-refractivity contribution in [2.24, 2.45) is 7.05 Å². The maximum absolute atomic E-state index is 13.5. The maximum Gasteiger partial charge on any atom is 0.416 e. The number of hydrogen-bond donors (Lipinski definition) is 0. The van der Waals surface area contributed by atoms with Crippen LogP contribution in [0, 0.1) is 0 Å². The van der Waals surface area contributed by atoms with Gasteiger partial charge in [0.15, 0.2) is 9.84 Å². The van der Waals surface area contributed by atoms with E-state index in [1.807, 2.05) is 0 Å². The van der Waals surface area contributed by atoms with Crippen molar-refractivity contribution in [1.82, 2.24) is 14.5 Å². The average molecular weight is 558 g/mol. The van der Waals surface area contributed by atoms with Gasteiger partial charge in [0.25, 0.3) is 0 Å². The Kier molecular flexibility index (Phi) is 6.88. The second-order valence-corrected chi connectivity index (χ2v) is 11.2. The summed E-state index contributed by atoms with van der Waals surface area (Å²) in [7, 11) is -1.99. The zero-order chi connectivity index (χ0) is 27.2. The molecule has 13 heteroatoms. The number of halogens is 6. The van der Waals surface area contributed by atoms with Crippen molar-refractivity contribution in [1.29, 1.82) is 0 Å². The highest BCUT2D eigenvalue weighted by molar-refractivity contribution is 8.00. The summed E-state index contributed by atoms with van der Waals surface area (Å²) in [6, 6.07) is 5.77. The average Bonchev–Trinajstić information content (AvgIpc) is 3.18. The van der Waals surface area contributed by atoms with E-state index in [1.54, 1.807) is 13.2 Å². The monoisotopic (exact) mass is 557 g/mol. The Hall–Kier alpha value is -3.32. The minimum absolute atomic E-state index is 0.00429. The molecule has 3 aromatic heterocycles. The fraction of sp³-hybridized carbons (Fsp3) is 0.167. The Bertz CT molecular complexity index is 1530. The van der Waals surface area contributed by atoms with E-state index in [-0.39, 0.29) is 27.8 Å². The second-order valence-electron chi connectivity index (χ2n) is 8.12. The molecule has 0 aliphatic rings. The lowest BCUT2D eigenvalue weighted by atomic mass is 9.96. The number of hydrogen-bond acceptors (Lipinski definition) is 5. The first kappa shape index (κ1) is 26.7. The van der Waals surface area contributed by atoms with E-state index in [1.165, 1.54) is 47.6 Å². The summed E-state index contributed by atoms with van der Waals surface area (Å²) >= 11 is 0.975. The molecule has 0 N–H and O–H groups in total. The van der Waals surface area contributed by atoms with Crippen molar-refractivity contribution in [2.45, 2.75) is 27.0 Å². The second kappa shape index (κ2) is 9.53. The van der Waals surface area contributed by atoms with E-state index in [0.717, 1.165) is 18.0 Å². The highest BCUT2D eigenvalue weighted by Gasteiger charge is 2.37. The third-order valence-electron chi connectivity index (χ3n) is 5.23. The van der Waals surface area contributed by atoms with Crippen LogP contribution in [0.25, 0.3) is 22.4 Å². The molecule has 0 atom stereocenters. The van der Waals surface area contributed by atoms with E-state index in [2.05, 4.69) is 9.97 Å². The molecule has 194 valence electrons.